The number of pyridine rings is 1. The smallest absolute Gasteiger partial charge is 0.330 e. The summed E-state index contributed by atoms with van der Waals surface area (Å²) in [6.07, 6.45) is -3.39. The zero-order valence-corrected chi connectivity index (χ0v) is 10.2. The lowest BCUT2D eigenvalue weighted by molar-refractivity contribution is -0.137. The average Bonchev–Trinajstić information content (AvgIpc) is 2.24. The molecule has 0 aliphatic rings. The van der Waals surface area contributed by atoms with Crippen molar-refractivity contribution >= 4 is 22.4 Å². The monoisotopic (exact) mass is 286 g/mol. The number of rotatable bonds is 4. The molecule has 2 N–H and O–H groups in total. The summed E-state index contributed by atoms with van der Waals surface area (Å²) in [4.78, 5) is 3.50. The van der Waals surface area contributed by atoms with Crippen LogP contribution in [0.25, 0.3) is 0 Å². The van der Waals surface area contributed by atoms with E-state index in [2.05, 4.69) is 4.98 Å². The summed E-state index contributed by atoms with van der Waals surface area (Å²) < 4.78 is 48.5. The van der Waals surface area contributed by atoms with E-state index in [4.69, 9.17) is 17.3 Å². The Morgan fingerprint density at radius 1 is 1.47 bits per heavy atom. The zero-order chi connectivity index (χ0) is 13.1. The Morgan fingerprint density at radius 2 is 2.12 bits per heavy atom. The SMILES string of the molecule is NCCCS(=O)c1ncc(C(F)(F)F)cc1Cl. The van der Waals surface area contributed by atoms with Crippen LogP contribution >= 0.6 is 11.6 Å². The molecular formula is C9H10ClF3N2OS. The number of hydrogen-bond donors (Lipinski definition) is 1. The molecular weight excluding hydrogens is 277 g/mol. The van der Waals surface area contributed by atoms with Gasteiger partial charge in [0.2, 0.25) is 0 Å². The summed E-state index contributed by atoms with van der Waals surface area (Å²) in [6.45, 7) is 0.351. The van der Waals surface area contributed by atoms with Crippen LogP contribution < -0.4 is 5.73 Å². The molecule has 1 unspecified atom stereocenters. The number of hydrogen-bond acceptors (Lipinski definition) is 3. The van der Waals surface area contributed by atoms with Crippen LogP contribution in [0.4, 0.5) is 13.2 Å². The topological polar surface area (TPSA) is 56.0 Å². The van der Waals surface area contributed by atoms with E-state index < -0.39 is 22.5 Å². The summed E-state index contributed by atoms with van der Waals surface area (Å²) in [5, 5.41) is -0.275. The first-order valence-corrected chi connectivity index (χ1v) is 6.37. The van der Waals surface area contributed by atoms with Gasteiger partial charge in [0, 0.05) is 11.9 Å². The van der Waals surface area contributed by atoms with E-state index in [1.54, 1.807) is 0 Å². The van der Waals surface area contributed by atoms with E-state index in [1.807, 2.05) is 0 Å². The number of halogens is 4. The fourth-order valence-corrected chi connectivity index (χ4v) is 2.55. The normalized spacial score (nSPS) is 13.7. The van der Waals surface area contributed by atoms with Gasteiger partial charge in [0.05, 0.1) is 21.4 Å². The molecule has 1 aromatic rings. The van der Waals surface area contributed by atoms with Crippen molar-refractivity contribution in [2.24, 2.45) is 5.73 Å². The first-order valence-electron chi connectivity index (χ1n) is 4.67. The molecule has 0 aliphatic heterocycles. The van der Waals surface area contributed by atoms with Gasteiger partial charge in [-0.1, -0.05) is 11.6 Å². The standard InChI is InChI=1S/C9H10ClF3N2OS/c10-7-4-6(9(11,12)13)5-15-8(7)17(16)3-1-2-14/h4-5H,1-3,14H2. The molecule has 1 atom stereocenters. The van der Waals surface area contributed by atoms with Crippen LogP contribution in [-0.4, -0.2) is 21.5 Å². The van der Waals surface area contributed by atoms with E-state index in [0.29, 0.717) is 19.2 Å². The molecule has 0 fully saturated rings. The van der Waals surface area contributed by atoms with Crippen LogP contribution in [0.15, 0.2) is 17.3 Å². The van der Waals surface area contributed by atoms with Gasteiger partial charge in [0.15, 0.2) is 0 Å². The van der Waals surface area contributed by atoms with Crippen molar-refractivity contribution in [1.82, 2.24) is 4.98 Å². The van der Waals surface area contributed by atoms with E-state index in [-0.39, 0.29) is 15.8 Å². The molecule has 8 heteroatoms. The lowest BCUT2D eigenvalue weighted by atomic mass is 10.3. The van der Waals surface area contributed by atoms with Crippen molar-refractivity contribution in [2.45, 2.75) is 17.6 Å². The lowest BCUT2D eigenvalue weighted by Gasteiger charge is -2.08. The largest absolute Gasteiger partial charge is 0.417 e. The molecule has 1 heterocycles. The van der Waals surface area contributed by atoms with E-state index in [1.165, 1.54) is 0 Å². The van der Waals surface area contributed by atoms with Crippen molar-refractivity contribution in [2.75, 3.05) is 12.3 Å². The second kappa shape index (κ2) is 5.79. The summed E-state index contributed by atoms with van der Waals surface area (Å²) >= 11 is 5.62. The van der Waals surface area contributed by atoms with Crippen LogP contribution in [0.3, 0.4) is 0 Å². The van der Waals surface area contributed by atoms with E-state index in [0.717, 1.165) is 6.07 Å². The van der Waals surface area contributed by atoms with Crippen molar-refractivity contribution in [3.63, 3.8) is 0 Å². The molecule has 1 aromatic heterocycles. The molecule has 0 aromatic carbocycles. The molecule has 96 valence electrons. The van der Waals surface area contributed by atoms with Crippen LogP contribution in [0.2, 0.25) is 5.02 Å². The maximum absolute atomic E-state index is 12.3. The molecule has 0 bridgehead atoms. The van der Waals surface area contributed by atoms with Gasteiger partial charge in [0.25, 0.3) is 0 Å². The quantitative estimate of drug-likeness (QED) is 0.923. The highest BCUT2D eigenvalue weighted by Gasteiger charge is 2.31. The van der Waals surface area contributed by atoms with Crippen molar-refractivity contribution in [3.8, 4) is 0 Å². The molecule has 0 radical (unpaired) electrons. The third-order valence-corrected chi connectivity index (χ3v) is 3.70. The zero-order valence-electron chi connectivity index (χ0n) is 8.63. The molecule has 0 aliphatic carbocycles. The first-order chi connectivity index (χ1) is 7.86. The van der Waals surface area contributed by atoms with Gasteiger partial charge in [-0.15, -0.1) is 0 Å². The van der Waals surface area contributed by atoms with Gasteiger partial charge >= 0.3 is 6.18 Å². The fraction of sp³-hybridized carbons (Fsp3) is 0.444. The Balaban J connectivity index is 2.94. The van der Waals surface area contributed by atoms with Gasteiger partial charge in [-0.2, -0.15) is 13.2 Å². The third kappa shape index (κ3) is 3.93. The second-order valence-corrected chi connectivity index (χ2v) is 5.09. The van der Waals surface area contributed by atoms with E-state index in [9.17, 15) is 17.4 Å². The molecule has 17 heavy (non-hydrogen) atoms. The lowest BCUT2D eigenvalue weighted by Crippen LogP contribution is -2.10. The number of alkyl halides is 3. The second-order valence-electron chi connectivity index (χ2n) is 3.20. The minimum absolute atomic E-state index is 0.0342. The van der Waals surface area contributed by atoms with Crippen molar-refractivity contribution < 1.29 is 17.4 Å². The van der Waals surface area contributed by atoms with Crippen LogP contribution in [0.1, 0.15) is 12.0 Å². The van der Waals surface area contributed by atoms with Gasteiger partial charge in [-0.05, 0) is 19.0 Å². The highest BCUT2D eigenvalue weighted by atomic mass is 35.5. The first kappa shape index (κ1) is 14.4. The predicted octanol–water partition coefficient (Wildman–Crippen LogP) is 2.21. The highest BCUT2D eigenvalue weighted by Crippen LogP contribution is 2.31. The molecule has 0 saturated heterocycles. The predicted molar refractivity (Wildman–Crippen MR) is 59.2 cm³/mol. The molecule has 0 saturated carbocycles. The third-order valence-electron chi connectivity index (χ3n) is 1.88. The molecule has 0 spiro atoms. The summed E-state index contributed by atoms with van der Waals surface area (Å²) in [5.41, 5.74) is 4.28. The van der Waals surface area contributed by atoms with Crippen LogP contribution in [0.5, 0.6) is 0 Å². The van der Waals surface area contributed by atoms with Gasteiger partial charge < -0.3 is 5.73 Å². The minimum atomic E-state index is -4.51. The maximum atomic E-state index is 12.3. The Hall–Kier alpha value is -0.660. The van der Waals surface area contributed by atoms with Gasteiger partial charge in [-0.25, -0.2) is 4.98 Å². The summed E-state index contributed by atoms with van der Waals surface area (Å²) in [6, 6.07) is 0.726. The Labute approximate surface area is 104 Å². The van der Waals surface area contributed by atoms with Crippen molar-refractivity contribution in [1.29, 1.82) is 0 Å². The van der Waals surface area contributed by atoms with Crippen LogP contribution in [0, 0.1) is 0 Å². The molecule has 1 rings (SSSR count). The Kier molecular flexibility index (Phi) is 4.91. The summed E-state index contributed by atoms with van der Waals surface area (Å²) in [7, 11) is -1.52. The fourth-order valence-electron chi connectivity index (χ4n) is 1.06. The number of nitrogens with two attached hydrogens (primary N) is 1. The molecule has 3 nitrogen and oxygen atoms in total. The maximum Gasteiger partial charge on any atom is 0.417 e. The van der Waals surface area contributed by atoms with Crippen molar-refractivity contribution in [3.05, 3.63) is 22.8 Å². The minimum Gasteiger partial charge on any atom is -0.330 e. The number of nitrogens with zero attached hydrogens (tertiary/aromatic N) is 1. The Morgan fingerprint density at radius 3 is 2.59 bits per heavy atom. The Bertz CT molecular complexity index is 425. The van der Waals surface area contributed by atoms with Gasteiger partial charge in [0.1, 0.15) is 5.03 Å². The van der Waals surface area contributed by atoms with E-state index >= 15 is 0 Å². The van der Waals surface area contributed by atoms with Crippen LogP contribution in [-0.2, 0) is 17.0 Å². The highest BCUT2D eigenvalue weighted by molar-refractivity contribution is 7.85. The molecule has 0 amide bonds. The average molecular weight is 287 g/mol. The van der Waals surface area contributed by atoms with Gasteiger partial charge in [-0.3, -0.25) is 4.21 Å². The summed E-state index contributed by atoms with van der Waals surface area (Å²) in [5.74, 6) is 0.231. The number of aromatic nitrogens is 1.